The molecule has 1 amide bonds. The molecule has 1 aromatic rings. The Kier molecular flexibility index (Phi) is 4.78. The van der Waals surface area contributed by atoms with Crippen molar-refractivity contribution in [3.8, 4) is 0 Å². The third-order valence-corrected chi connectivity index (χ3v) is 1.83. The molecule has 0 aliphatic rings. The maximum atomic E-state index is 11.2. The van der Waals surface area contributed by atoms with Crippen LogP contribution in [0.25, 0.3) is 0 Å². The molecule has 0 aliphatic heterocycles. The predicted molar refractivity (Wildman–Crippen MR) is 53.7 cm³/mol. The van der Waals surface area contributed by atoms with E-state index in [9.17, 15) is 4.79 Å². The van der Waals surface area contributed by atoms with Gasteiger partial charge in [0.05, 0.1) is 6.61 Å². The first-order valence-corrected chi connectivity index (χ1v) is 4.79. The molecule has 0 atom stereocenters. The molecule has 0 bridgehead atoms. The van der Waals surface area contributed by atoms with E-state index in [-0.39, 0.29) is 5.91 Å². The highest BCUT2D eigenvalue weighted by molar-refractivity contribution is 5.75. The molecule has 0 fully saturated rings. The number of aromatic amines is 1. The van der Waals surface area contributed by atoms with Crippen molar-refractivity contribution in [2.24, 2.45) is 0 Å². The van der Waals surface area contributed by atoms with Crippen molar-refractivity contribution in [2.75, 3.05) is 13.2 Å². The van der Waals surface area contributed by atoms with E-state index in [1.165, 1.54) is 0 Å². The van der Waals surface area contributed by atoms with Gasteiger partial charge in [0.2, 0.25) is 5.91 Å². The van der Waals surface area contributed by atoms with Crippen LogP contribution in [0.1, 0.15) is 18.9 Å². The summed E-state index contributed by atoms with van der Waals surface area (Å²) in [6.45, 7) is 3.65. The predicted octanol–water partition coefficient (Wildman–Crippen LogP) is 1.06. The third kappa shape index (κ3) is 4.09. The minimum atomic E-state index is 0.0275. The van der Waals surface area contributed by atoms with Crippen LogP contribution in [0.2, 0.25) is 0 Å². The second kappa shape index (κ2) is 6.21. The van der Waals surface area contributed by atoms with Gasteiger partial charge in [0.15, 0.2) is 0 Å². The summed E-state index contributed by atoms with van der Waals surface area (Å²) >= 11 is 0. The molecule has 0 aromatic carbocycles. The van der Waals surface area contributed by atoms with Crippen LogP contribution >= 0.6 is 0 Å². The molecule has 1 rings (SSSR count). The summed E-state index contributed by atoms with van der Waals surface area (Å²) in [5.41, 5.74) is 1.08. The zero-order valence-electron chi connectivity index (χ0n) is 8.38. The van der Waals surface area contributed by atoms with E-state index < -0.39 is 0 Å². The first-order valence-electron chi connectivity index (χ1n) is 4.79. The quantitative estimate of drug-likeness (QED) is 0.668. The lowest BCUT2D eigenvalue weighted by Crippen LogP contribution is -2.23. The number of amides is 1. The van der Waals surface area contributed by atoms with E-state index in [2.05, 4.69) is 10.3 Å². The van der Waals surface area contributed by atoms with Crippen LogP contribution in [0.3, 0.4) is 0 Å². The van der Waals surface area contributed by atoms with Gasteiger partial charge >= 0.3 is 0 Å². The van der Waals surface area contributed by atoms with Gasteiger partial charge in [-0.3, -0.25) is 4.79 Å². The molecule has 0 unspecified atom stereocenters. The van der Waals surface area contributed by atoms with Gasteiger partial charge in [-0.05, 0) is 18.6 Å². The lowest BCUT2D eigenvalue weighted by Gasteiger charge is -2.03. The Hall–Kier alpha value is -1.29. The molecule has 1 aromatic heterocycles. The summed E-state index contributed by atoms with van der Waals surface area (Å²) in [6, 6.07) is 1.93. The van der Waals surface area contributed by atoms with Crippen molar-refractivity contribution in [3.63, 3.8) is 0 Å². The Labute approximate surface area is 83.7 Å². The monoisotopic (exact) mass is 196 g/mol. The number of rotatable bonds is 6. The zero-order valence-corrected chi connectivity index (χ0v) is 8.38. The number of hydrogen-bond donors (Lipinski definition) is 2. The maximum Gasteiger partial charge on any atom is 0.222 e. The van der Waals surface area contributed by atoms with Crippen molar-refractivity contribution >= 4 is 5.91 Å². The molecule has 2 N–H and O–H groups in total. The zero-order chi connectivity index (χ0) is 10.2. The molecule has 78 valence electrons. The summed E-state index contributed by atoms with van der Waals surface area (Å²) in [5, 5.41) is 2.81. The lowest BCUT2D eigenvalue weighted by atomic mass is 10.3. The summed E-state index contributed by atoms with van der Waals surface area (Å²) in [4.78, 5) is 14.1. The molecule has 0 saturated heterocycles. The fourth-order valence-corrected chi connectivity index (χ4v) is 1.07. The van der Waals surface area contributed by atoms with Crippen LogP contribution in [0.15, 0.2) is 18.5 Å². The van der Waals surface area contributed by atoms with Crippen LogP contribution in [0.5, 0.6) is 0 Å². The Morgan fingerprint density at radius 2 is 2.50 bits per heavy atom. The van der Waals surface area contributed by atoms with Crippen LogP contribution in [0, 0.1) is 0 Å². The van der Waals surface area contributed by atoms with E-state index >= 15 is 0 Å². The highest BCUT2D eigenvalue weighted by atomic mass is 16.5. The molecular formula is C10H16N2O2. The molecule has 0 saturated carbocycles. The van der Waals surface area contributed by atoms with Gasteiger partial charge in [0, 0.05) is 32.0 Å². The number of nitrogens with one attached hydrogen (secondary N) is 2. The van der Waals surface area contributed by atoms with E-state index in [4.69, 9.17) is 4.74 Å². The van der Waals surface area contributed by atoms with Crippen LogP contribution < -0.4 is 5.32 Å². The van der Waals surface area contributed by atoms with E-state index in [0.29, 0.717) is 26.2 Å². The minimum Gasteiger partial charge on any atom is -0.381 e. The van der Waals surface area contributed by atoms with Crippen molar-refractivity contribution in [1.29, 1.82) is 0 Å². The molecule has 1 heterocycles. The molecule has 4 heteroatoms. The Morgan fingerprint density at radius 1 is 1.64 bits per heavy atom. The average Bonchev–Trinajstić information content (AvgIpc) is 2.68. The van der Waals surface area contributed by atoms with Gasteiger partial charge in [0.1, 0.15) is 0 Å². The van der Waals surface area contributed by atoms with Gasteiger partial charge in [-0.2, -0.15) is 0 Å². The molecule has 0 aliphatic carbocycles. The standard InChI is InChI=1S/C10H16N2O2/c1-2-14-6-4-10(13)12-8-9-3-5-11-7-9/h3,5,7,11H,2,4,6,8H2,1H3,(H,12,13). The summed E-state index contributed by atoms with van der Waals surface area (Å²) in [5.74, 6) is 0.0275. The summed E-state index contributed by atoms with van der Waals surface area (Å²) < 4.78 is 5.07. The van der Waals surface area contributed by atoms with Gasteiger partial charge < -0.3 is 15.0 Å². The molecular weight excluding hydrogens is 180 g/mol. The van der Waals surface area contributed by atoms with Crippen LogP contribution in [-0.2, 0) is 16.1 Å². The fourth-order valence-electron chi connectivity index (χ4n) is 1.07. The summed E-state index contributed by atoms with van der Waals surface area (Å²) in [7, 11) is 0. The number of H-pyrrole nitrogens is 1. The van der Waals surface area contributed by atoms with Gasteiger partial charge in [-0.1, -0.05) is 0 Å². The number of aromatic nitrogens is 1. The average molecular weight is 196 g/mol. The number of carbonyl (C=O) groups is 1. The Morgan fingerprint density at radius 3 is 3.14 bits per heavy atom. The molecule has 4 nitrogen and oxygen atoms in total. The SMILES string of the molecule is CCOCCC(=O)NCc1cc[nH]c1. The maximum absolute atomic E-state index is 11.2. The lowest BCUT2D eigenvalue weighted by molar-refractivity contribution is -0.122. The van der Waals surface area contributed by atoms with E-state index in [1.54, 1.807) is 0 Å². The Bertz CT molecular complexity index is 257. The van der Waals surface area contributed by atoms with Crippen molar-refractivity contribution in [1.82, 2.24) is 10.3 Å². The van der Waals surface area contributed by atoms with Crippen LogP contribution in [-0.4, -0.2) is 24.1 Å². The van der Waals surface area contributed by atoms with E-state index in [0.717, 1.165) is 5.56 Å². The van der Waals surface area contributed by atoms with Crippen molar-refractivity contribution in [2.45, 2.75) is 19.9 Å². The molecule has 0 radical (unpaired) electrons. The second-order valence-electron chi connectivity index (χ2n) is 2.94. The largest absolute Gasteiger partial charge is 0.381 e. The van der Waals surface area contributed by atoms with Crippen LogP contribution in [0.4, 0.5) is 0 Å². The fraction of sp³-hybridized carbons (Fsp3) is 0.500. The van der Waals surface area contributed by atoms with Gasteiger partial charge in [-0.15, -0.1) is 0 Å². The first kappa shape index (κ1) is 10.8. The molecule has 0 spiro atoms. The number of hydrogen-bond acceptors (Lipinski definition) is 2. The highest BCUT2D eigenvalue weighted by Gasteiger charge is 2.00. The second-order valence-corrected chi connectivity index (χ2v) is 2.94. The number of ether oxygens (including phenoxy) is 1. The minimum absolute atomic E-state index is 0.0275. The van der Waals surface area contributed by atoms with Gasteiger partial charge in [-0.25, -0.2) is 0 Å². The normalized spacial score (nSPS) is 10.1. The van der Waals surface area contributed by atoms with Crippen molar-refractivity contribution < 1.29 is 9.53 Å². The highest BCUT2D eigenvalue weighted by Crippen LogP contribution is 1.95. The first-order chi connectivity index (χ1) is 6.83. The molecule has 14 heavy (non-hydrogen) atoms. The Balaban J connectivity index is 2.09. The topological polar surface area (TPSA) is 54.1 Å². The smallest absolute Gasteiger partial charge is 0.222 e. The van der Waals surface area contributed by atoms with Crippen molar-refractivity contribution in [3.05, 3.63) is 24.0 Å². The number of carbonyl (C=O) groups excluding carboxylic acids is 1. The summed E-state index contributed by atoms with van der Waals surface area (Å²) in [6.07, 6.45) is 4.13. The van der Waals surface area contributed by atoms with Gasteiger partial charge in [0.25, 0.3) is 0 Å². The third-order valence-electron chi connectivity index (χ3n) is 1.83. The van der Waals surface area contributed by atoms with E-state index in [1.807, 2.05) is 25.4 Å².